The molecule has 0 fully saturated rings. The number of ether oxygens (including phenoxy) is 3. The van der Waals surface area contributed by atoms with Crippen molar-refractivity contribution in [3.8, 4) is 17.2 Å². The Kier molecular flexibility index (Phi) is 2.89. The molecular weight excluding hydrogens is 264 g/mol. The molecule has 0 atom stereocenters. The molecule has 0 radical (unpaired) electrons. The first-order valence-corrected chi connectivity index (χ1v) is 6.89. The van der Waals surface area contributed by atoms with Crippen LogP contribution in [-0.4, -0.2) is 6.79 Å². The maximum atomic E-state index is 5.89. The lowest BCUT2D eigenvalue weighted by molar-refractivity contribution is 0.173. The Morgan fingerprint density at radius 3 is 2.71 bits per heavy atom. The summed E-state index contributed by atoms with van der Waals surface area (Å²) < 4.78 is 16.5. The average molecular weight is 278 g/mol. The molecule has 0 N–H and O–H groups in total. The van der Waals surface area contributed by atoms with Gasteiger partial charge in [-0.25, -0.2) is 0 Å². The molecule has 1 aliphatic heterocycles. The van der Waals surface area contributed by atoms with Crippen LogP contribution in [0.1, 0.15) is 5.56 Å². The van der Waals surface area contributed by atoms with Crippen LogP contribution in [-0.2, 0) is 6.61 Å². The molecule has 4 rings (SSSR count). The molecule has 0 spiro atoms. The topological polar surface area (TPSA) is 27.7 Å². The third kappa shape index (κ3) is 2.27. The summed E-state index contributed by atoms with van der Waals surface area (Å²) in [7, 11) is 0. The fourth-order valence-corrected chi connectivity index (χ4v) is 2.55. The average Bonchev–Trinajstić information content (AvgIpc) is 3.00. The van der Waals surface area contributed by atoms with E-state index in [2.05, 4.69) is 30.3 Å². The van der Waals surface area contributed by atoms with E-state index >= 15 is 0 Å². The number of hydrogen-bond donors (Lipinski definition) is 0. The summed E-state index contributed by atoms with van der Waals surface area (Å²) in [4.78, 5) is 0. The van der Waals surface area contributed by atoms with Gasteiger partial charge in [0.25, 0.3) is 0 Å². The van der Waals surface area contributed by atoms with Crippen molar-refractivity contribution in [2.75, 3.05) is 6.79 Å². The smallest absolute Gasteiger partial charge is 0.231 e. The van der Waals surface area contributed by atoms with E-state index in [1.165, 1.54) is 16.3 Å². The van der Waals surface area contributed by atoms with Crippen LogP contribution in [0.15, 0.2) is 60.7 Å². The summed E-state index contributed by atoms with van der Waals surface area (Å²) in [5.74, 6) is 2.30. The molecule has 0 saturated heterocycles. The second-order valence-corrected chi connectivity index (χ2v) is 4.94. The highest BCUT2D eigenvalue weighted by Gasteiger charge is 2.13. The lowest BCUT2D eigenvalue weighted by Gasteiger charge is -2.09. The summed E-state index contributed by atoms with van der Waals surface area (Å²) >= 11 is 0. The number of benzene rings is 3. The zero-order valence-electron chi connectivity index (χ0n) is 11.4. The van der Waals surface area contributed by atoms with Crippen molar-refractivity contribution in [3.63, 3.8) is 0 Å². The van der Waals surface area contributed by atoms with E-state index in [1.54, 1.807) is 0 Å². The van der Waals surface area contributed by atoms with Crippen molar-refractivity contribution < 1.29 is 14.2 Å². The lowest BCUT2D eigenvalue weighted by Crippen LogP contribution is -1.96. The van der Waals surface area contributed by atoms with Gasteiger partial charge >= 0.3 is 0 Å². The zero-order valence-corrected chi connectivity index (χ0v) is 11.4. The van der Waals surface area contributed by atoms with Crippen molar-refractivity contribution in [2.24, 2.45) is 0 Å². The molecule has 0 saturated carbocycles. The van der Waals surface area contributed by atoms with Gasteiger partial charge in [-0.2, -0.15) is 0 Å². The van der Waals surface area contributed by atoms with Crippen LogP contribution in [0.25, 0.3) is 10.8 Å². The Bertz CT molecular complexity index is 790. The van der Waals surface area contributed by atoms with Gasteiger partial charge in [0.15, 0.2) is 11.5 Å². The van der Waals surface area contributed by atoms with Crippen LogP contribution >= 0.6 is 0 Å². The predicted octanol–water partition coefficient (Wildman–Crippen LogP) is 4.15. The maximum absolute atomic E-state index is 5.89. The van der Waals surface area contributed by atoms with Crippen LogP contribution in [0, 0.1) is 0 Å². The molecule has 0 unspecified atom stereocenters. The van der Waals surface area contributed by atoms with Gasteiger partial charge in [-0.1, -0.05) is 42.5 Å². The second kappa shape index (κ2) is 5.02. The molecule has 3 aromatic rings. The number of rotatable bonds is 3. The van der Waals surface area contributed by atoms with Gasteiger partial charge in [0.2, 0.25) is 6.79 Å². The van der Waals surface area contributed by atoms with Crippen molar-refractivity contribution >= 4 is 10.8 Å². The standard InChI is InChI=1S/C18H14O3/c1-2-7-16-13(4-1)5-3-6-14(16)11-19-15-8-9-17-18(10-15)21-12-20-17/h1-10H,11-12H2. The predicted molar refractivity (Wildman–Crippen MR) is 80.8 cm³/mol. The van der Waals surface area contributed by atoms with Crippen molar-refractivity contribution in [1.29, 1.82) is 0 Å². The van der Waals surface area contributed by atoms with Crippen molar-refractivity contribution in [3.05, 3.63) is 66.2 Å². The quantitative estimate of drug-likeness (QED) is 0.720. The zero-order chi connectivity index (χ0) is 14.1. The Morgan fingerprint density at radius 2 is 1.71 bits per heavy atom. The minimum atomic E-state index is 0.280. The minimum Gasteiger partial charge on any atom is -0.489 e. The fraction of sp³-hybridized carbons (Fsp3) is 0.111. The Labute approximate surface area is 122 Å². The first-order chi connectivity index (χ1) is 10.4. The van der Waals surface area contributed by atoms with Gasteiger partial charge in [-0.15, -0.1) is 0 Å². The largest absolute Gasteiger partial charge is 0.489 e. The van der Waals surface area contributed by atoms with Gasteiger partial charge in [0.05, 0.1) is 0 Å². The second-order valence-electron chi connectivity index (χ2n) is 4.94. The molecule has 3 heteroatoms. The van der Waals surface area contributed by atoms with E-state index in [0.29, 0.717) is 6.61 Å². The number of hydrogen-bond acceptors (Lipinski definition) is 3. The van der Waals surface area contributed by atoms with E-state index in [0.717, 1.165) is 17.2 Å². The first-order valence-electron chi connectivity index (χ1n) is 6.89. The molecule has 1 aliphatic rings. The molecule has 0 aromatic heterocycles. The Balaban J connectivity index is 1.58. The van der Waals surface area contributed by atoms with E-state index in [1.807, 2.05) is 30.3 Å². The highest BCUT2D eigenvalue weighted by molar-refractivity contribution is 5.85. The van der Waals surface area contributed by atoms with Crippen LogP contribution in [0.2, 0.25) is 0 Å². The third-order valence-electron chi connectivity index (χ3n) is 3.62. The maximum Gasteiger partial charge on any atom is 0.231 e. The molecule has 0 aliphatic carbocycles. The van der Waals surface area contributed by atoms with Crippen molar-refractivity contribution in [1.82, 2.24) is 0 Å². The third-order valence-corrected chi connectivity index (χ3v) is 3.62. The van der Waals surface area contributed by atoms with E-state index in [9.17, 15) is 0 Å². The van der Waals surface area contributed by atoms with Gasteiger partial charge in [-0.3, -0.25) is 0 Å². The van der Waals surface area contributed by atoms with E-state index in [-0.39, 0.29) is 6.79 Å². The normalized spacial score (nSPS) is 12.6. The Hall–Kier alpha value is -2.68. The van der Waals surface area contributed by atoms with Gasteiger partial charge in [0, 0.05) is 6.07 Å². The van der Waals surface area contributed by atoms with Crippen molar-refractivity contribution in [2.45, 2.75) is 6.61 Å². The number of fused-ring (bicyclic) bond motifs is 2. The molecular formula is C18H14O3. The molecule has 21 heavy (non-hydrogen) atoms. The van der Waals surface area contributed by atoms with Crippen LogP contribution in [0.4, 0.5) is 0 Å². The lowest BCUT2D eigenvalue weighted by atomic mass is 10.1. The molecule has 0 bridgehead atoms. The Morgan fingerprint density at radius 1 is 0.857 bits per heavy atom. The van der Waals surface area contributed by atoms with Crippen LogP contribution in [0.3, 0.4) is 0 Å². The van der Waals surface area contributed by atoms with Gasteiger partial charge in [0.1, 0.15) is 12.4 Å². The summed E-state index contributed by atoms with van der Waals surface area (Å²) in [5.41, 5.74) is 1.17. The monoisotopic (exact) mass is 278 g/mol. The molecule has 3 nitrogen and oxygen atoms in total. The fourth-order valence-electron chi connectivity index (χ4n) is 2.55. The highest BCUT2D eigenvalue weighted by Crippen LogP contribution is 2.35. The van der Waals surface area contributed by atoms with Gasteiger partial charge < -0.3 is 14.2 Å². The molecule has 104 valence electrons. The molecule has 0 amide bonds. The van der Waals surface area contributed by atoms with Gasteiger partial charge in [-0.05, 0) is 28.5 Å². The first kappa shape index (κ1) is 12.1. The SMILES string of the molecule is c1ccc2c(COc3ccc4c(c3)OCO4)cccc2c1. The summed E-state index contributed by atoms with van der Waals surface area (Å²) in [6.07, 6.45) is 0. The molecule has 3 aromatic carbocycles. The van der Waals surface area contributed by atoms with E-state index < -0.39 is 0 Å². The molecule has 1 heterocycles. The minimum absolute atomic E-state index is 0.280. The summed E-state index contributed by atoms with van der Waals surface area (Å²) in [5, 5.41) is 2.45. The van der Waals surface area contributed by atoms with Crippen LogP contribution < -0.4 is 14.2 Å². The van der Waals surface area contributed by atoms with E-state index in [4.69, 9.17) is 14.2 Å². The van der Waals surface area contributed by atoms with Crippen LogP contribution in [0.5, 0.6) is 17.2 Å². The highest BCUT2D eigenvalue weighted by atomic mass is 16.7. The summed E-state index contributed by atoms with van der Waals surface area (Å²) in [6.45, 7) is 0.809. The summed E-state index contributed by atoms with van der Waals surface area (Å²) in [6, 6.07) is 20.2.